The number of carbonyl (C=O) groups excluding carboxylic acids is 2. The molecule has 164 valence electrons. The second kappa shape index (κ2) is 9.35. The maximum absolute atomic E-state index is 13.3. The smallest absolute Gasteiger partial charge is 0.272 e. The number of hydrogen-bond acceptors (Lipinski definition) is 3. The number of aromatic nitrogens is 1. The van der Waals surface area contributed by atoms with Gasteiger partial charge in [-0.3, -0.25) is 14.6 Å². The molecule has 2 heterocycles. The maximum Gasteiger partial charge on any atom is 0.272 e. The van der Waals surface area contributed by atoms with Crippen LogP contribution in [0.15, 0.2) is 72.9 Å². The highest BCUT2D eigenvalue weighted by atomic mass is 16.2. The zero-order chi connectivity index (χ0) is 22.6. The Balaban J connectivity index is 1.66. The third kappa shape index (κ3) is 4.42. The summed E-state index contributed by atoms with van der Waals surface area (Å²) in [5, 5.41) is 3.02. The van der Waals surface area contributed by atoms with Gasteiger partial charge < -0.3 is 10.2 Å². The van der Waals surface area contributed by atoms with Crippen LogP contribution in [0.4, 0.5) is 0 Å². The monoisotopic (exact) mass is 427 g/mol. The quantitative estimate of drug-likeness (QED) is 0.639. The number of carbonyl (C=O) groups is 2. The van der Waals surface area contributed by atoms with Crippen LogP contribution in [0.1, 0.15) is 35.0 Å². The van der Waals surface area contributed by atoms with E-state index < -0.39 is 5.41 Å². The molecular weight excluding hydrogens is 398 g/mol. The molecule has 3 aromatic rings. The Morgan fingerprint density at radius 3 is 2.62 bits per heavy atom. The van der Waals surface area contributed by atoms with Crippen molar-refractivity contribution in [2.24, 2.45) is 5.41 Å². The van der Waals surface area contributed by atoms with E-state index >= 15 is 0 Å². The molecule has 5 heteroatoms. The number of pyridine rings is 1. The Hall–Kier alpha value is -3.47. The number of rotatable bonds is 6. The van der Waals surface area contributed by atoms with Gasteiger partial charge in [-0.25, -0.2) is 0 Å². The van der Waals surface area contributed by atoms with E-state index in [-0.39, 0.29) is 11.8 Å². The third-order valence-electron chi connectivity index (χ3n) is 6.22. The highest BCUT2D eigenvalue weighted by Crippen LogP contribution is 2.38. The Morgan fingerprint density at radius 1 is 1.06 bits per heavy atom. The second-order valence-electron chi connectivity index (χ2n) is 8.53. The van der Waals surface area contributed by atoms with Gasteiger partial charge in [-0.1, -0.05) is 60.2 Å². The molecule has 0 saturated carbocycles. The van der Waals surface area contributed by atoms with Gasteiger partial charge in [0.05, 0.1) is 5.41 Å². The van der Waals surface area contributed by atoms with Crippen LogP contribution in [0.3, 0.4) is 0 Å². The van der Waals surface area contributed by atoms with Crippen LogP contribution in [-0.4, -0.2) is 41.3 Å². The summed E-state index contributed by atoms with van der Waals surface area (Å²) in [6.07, 6.45) is 2.83. The molecule has 0 radical (unpaired) electrons. The molecule has 0 bridgehead atoms. The first kappa shape index (κ1) is 21.8. The van der Waals surface area contributed by atoms with Crippen LogP contribution in [0.25, 0.3) is 11.1 Å². The molecule has 1 atom stereocenters. The van der Waals surface area contributed by atoms with E-state index in [1.807, 2.05) is 25.1 Å². The van der Waals surface area contributed by atoms with Crippen molar-refractivity contribution in [2.45, 2.75) is 26.7 Å². The fourth-order valence-electron chi connectivity index (χ4n) is 4.59. The molecule has 2 aromatic carbocycles. The lowest BCUT2D eigenvalue weighted by Gasteiger charge is -2.29. The highest BCUT2D eigenvalue weighted by Gasteiger charge is 2.46. The molecule has 1 aromatic heterocycles. The number of amides is 2. The zero-order valence-electron chi connectivity index (χ0n) is 18.7. The Labute approximate surface area is 189 Å². The van der Waals surface area contributed by atoms with Crippen molar-refractivity contribution in [3.05, 3.63) is 89.7 Å². The SMILES string of the molecule is CCNC(=O)C1(Cc2ccccc2-c2cccc(C)c2)CCN(C(=O)c2ccccn2)C1. The van der Waals surface area contributed by atoms with E-state index in [2.05, 4.69) is 53.6 Å². The number of hydrogen-bond donors (Lipinski definition) is 1. The first-order chi connectivity index (χ1) is 15.5. The molecule has 5 nitrogen and oxygen atoms in total. The van der Waals surface area contributed by atoms with Gasteiger partial charge >= 0.3 is 0 Å². The molecule has 1 saturated heterocycles. The lowest BCUT2D eigenvalue weighted by Crippen LogP contribution is -2.45. The molecular formula is C27H29N3O2. The van der Waals surface area contributed by atoms with Crippen LogP contribution in [0.5, 0.6) is 0 Å². The second-order valence-corrected chi connectivity index (χ2v) is 8.53. The number of benzene rings is 2. The topological polar surface area (TPSA) is 62.3 Å². The van der Waals surface area contributed by atoms with Crippen molar-refractivity contribution in [3.63, 3.8) is 0 Å². The first-order valence-corrected chi connectivity index (χ1v) is 11.2. The van der Waals surface area contributed by atoms with Crippen molar-refractivity contribution in [3.8, 4) is 11.1 Å². The summed E-state index contributed by atoms with van der Waals surface area (Å²) in [6.45, 7) is 5.50. The Kier molecular flexibility index (Phi) is 6.35. The van der Waals surface area contributed by atoms with Gasteiger partial charge in [0.2, 0.25) is 5.91 Å². The average molecular weight is 428 g/mol. The minimum Gasteiger partial charge on any atom is -0.356 e. The lowest BCUT2D eigenvalue weighted by molar-refractivity contribution is -0.130. The average Bonchev–Trinajstić information content (AvgIpc) is 3.25. The summed E-state index contributed by atoms with van der Waals surface area (Å²) in [4.78, 5) is 32.3. The number of nitrogens with zero attached hydrogens (tertiary/aromatic N) is 2. The highest BCUT2D eigenvalue weighted by molar-refractivity contribution is 5.94. The molecule has 1 aliphatic rings. The Morgan fingerprint density at radius 2 is 1.88 bits per heavy atom. The fraction of sp³-hybridized carbons (Fsp3) is 0.296. The molecule has 1 unspecified atom stereocenters. The van der Waals surface area contributed by atoms with Crippen LogP contribution < -0.4 is 5.32 Å². The largest absolute Gasteiger partial charge is 0.356 e. The lowest BCUT2D eigenvalue weighted by atomic mass is 9.78. The van der Waals surface area contributed by atoms with E-state index in [1.54, 1.807) is 23.2 Å². The Bertz CT molecular complexity index is 1110. The minimum absolute atomic E-state index is 0.00960. The summed E-state index contributed by atoms with van der Waals surface area (Å²) >= 11 is 0. The van der Waals surface area contributed by atoms with Crippen LogP contribution in [0.2, 0.25) is 0 Å². The first-order valence-electron chi connectivity index (χ1n) is 11.2. The number of nitrogens with one attached hydrogen (secondary N) is 1. The minimum atomic E-state index is -0.666. The van der Waals surface area contributed by atoms with Crippen molar-refractivity contribution >= 4 is 11.8 Å². The third-order valence-corrected chi connectivity index (χ3v) is 6.22. The number of aryl methyl sites for hydroxylation is 1. The van der Waals surface area contributed by atoms with Gasteiger partial charge in [0, 0.05) is 25.8 Å². The zero-order valence-corrected chi connectivity index (χ0v) is 18.7. The molecule has 1 fully saturated rings. The van der Waals surface area contributed by atoms with Crippen molar-refractivity contribution in [1.82, 2.24) is 15.2 Å². The molecule has 1 aliphatic heterocycles. The van der Waals surface area contributed by atoms with E-state index in [4.69, 9.17) is 0 Å². The predicted octanol–water partition coefficient (Wildman–Crippen LogP) is 4.27. The van der Waals surface area contributed by atoms with E-state index in [9.17, 15) is 9.59 Å². The molecule has 0 spiro atoms. The molecule has 4 rings (SSSR count). The summed E-state index contributed by atoms with van der Waals surface area (Å²) in [6, 6.07) is 22.0. The van der Waals surface area contributed by atoms with Crippen LogP contribution >= 0.6 is 0 Å². The summed E-state index contributed by atoms with van der Waals surface area (Å²) in [7, 11) is 0. The van der Waals surface area contributed by atoms with E-state index in [1.165, 1.54) is 5.56 Å². The van der Waals surface area contributed by atoms with E-state index in [0.29, 0.717) is 38.2 Å². The van der Waals surface area contributed by atoms with E-state index in [0.717, 1.165) is 16.7 Å². The fourth-order valence-corrected chi connectivity index (χ4v) is 4.59. The molecule has 2 amide bonds. The van der Waals surface area contributed by atoms with Gasteiger partial charge in [0.1, 0.15) is 5.69 Å². The standard InChI is InChI=1S/C27H29N3O2/c1-3-28-26(32)27(14-16-30(19-27)25(31)24-13-6-7-15-29-24)18-22-10-4-5-12-23(22)21-11-8-9-20(2)17-21/h4-13,15,17H,3,14,16,18-19H2,1-2H3,(H,28,32). The normalized spacial score (nSPS) is 17.9. The summed E-state index contributed by atoms with van der Waals surface area (Å²) in [5.74, 6) is -0.112. The van der Waals surface area contributed by atoms with Gasteiger partial charge in [-0.2, -0.15) is 0 Å². The van der Waals surface area contributed by atoms with Crippen LogP contribution in [0, 0.1) is 12.3 Å². The van der Waals surface area contributed by atoms with Gasteiger partial charge in [0.25, 0.3) is 5.91 Å². The predicted molar refractivity (Wildman–Crippen MR) is 126 cm³/mol. The van der Waals surface area contributed by atoms with Gasteiger partial charge in [0.15, 0.2) is 0 Å². The van der Waals surface area contributed by atoms with Gasteiger partial charge in [-0.15, -0.1) is 0 Å². The molecule has 1 N–H and O–H groups in total. The molecule has 0 aliphatic carbocycles. The van der Waals surface area contributed by atoms with Crippen molar-refractivity contribution < 1.29 is 9.59 Å². The molecule has 32 heavy (non-hydrogen) atoms. The number of likely N-dealkylation sites (tertiary alicyclic amines) is 1. The summed E-state index contributed by atoms with van der Waals surface area (Å²) < 4.78 is 0. The van der Waals surface area contributed by atoms with Crippen molar-refractivity contribution in [2.75, 3.05) is 19.6 Å². The maximum atomic E-state index is 13.3. The van der Waals surface area contributed by atoms with Gasteiger partial charge in [-0.05, 0) is 55.5 Å². The van der Waals surface area contributed by atoms with Crippen LogP contribution in [-0.2, 0) is 11.2 Å². The summed E-state index contributed by atoms with van der Waals surface area (Å²) in [5.41, 5.74) is 4.35. The van der Waals surface area contributed by atoms with Crippen molar-refractivity contribution in [1.29, 1.82) is 0 Å².